The molecule has 2 atom stereocenters. The summed E-state index contributed by atoms with van der Waals surface area (Å²) in [6.45, 7) is 5.27. The van der Waals surface area contributed by atoms with E-state index < -0.39 is 15.9 Å². The zero-order valence-electron chi connectivity index (χ0n) is 19.1. The Bertz CT molecular complexity index is 1360. The molecule has 1 aromatic heterocycles. The van der Waals surface area contributed by atoms with Crippen LogP contribution in [0.15, 0.2) is 52.4 Å². The molecule has 0 aliphatic carbocycles. The largest absolute Gasteiger partial charge is 0.383 e. The van der Waals surface area contributed by atoms with Crippen LogP contribution in [0.25, 0.3) is 10.2 Å². The van der Waals surface area contributed by atoms with E-state index in [4.69, 9.17) is 21.1 Å². The van der Waals surface area contributed by atoms with Crippen LogP contribution in [-0.2, 0) is 26.0 Å². The normalized spacial score (nSPS) is 20.2. The minimum absolute atomic E-state index is 0.136. The maximum atomic E-state index is 13.1. The Morgan fingerprint density at radius 2 is 1.85 bits per heavy atom. The van der Waals surface area contributed by atoms with E-state index >= 15 is 0 Å². The first kappa shape index (κ1) is 25.0. The number of halogens is 1. The predicted octanol–water partition coefficient (Wildman–Crippen LogP) is 3.54. The summed E-state index contributed by atoms with van der Waals surface area (Å²) in [7, 11) is -2.07. The number of sulfonamides is 1. The summed E-state index contributed by atoms with van der Waals surface area (Å²) < 4.78 is 41.2. The number of aromatic nitrogens is 1. The number of carbonyl (C=O) groups excluding carboxylic acids is 1. The van der Waals surface area contributed by atoms with Gasteiger partial charge in [0.1, 0.15) is 0 Å². The van der Waals surface area contributed by atoms with Crippen molar-refractivity contribution >= 4 is 49.1 Å². The van der Waals surface area contributed by atoms with Gasteiger partial charge in [0, 0.05) is 37.3 Å². The smallest absolute Gasteiger partial charge is 0.279 e. The Balaban J connectivity index is 1.63. The van der Waals surface area contributed by atoms with Crippen molar-refractivity contribution < 1.29 is 22.7 Å². The number of benzene rings is 2. The van der Waals surface area contributed by atoms with E-state index in [1.165, 1.54) is 39.9 Å². The Morgan fingerprint density at radius 3 is 2.50 bits per heavy atom. The van der Waals surface area contributed by atoms with E-state index in [1.807, 2.05) is 30.5 Å². The molecule has 1 aliphatic rings. The van der Waals surface area contributed by atoms with E-state index in [1.54, 1.807) is 13.2 Å². The number of nitrogens with zero attached hydrogens (tertiary/aromatic N) is 3. The van der Waals surface area contributed by atoms with Crippen molar-refractivity contribution in [2.24, 2.45) is 4.99 Å². The highest BCUT2D eigenvalue weighted by Gasteiger charge is 2.32. The molecule has 0 spiro atoms. The van der Waals surface area contributed by atoms with E-state index in [9.17, 15) is 13.2 Å². The highest BCUT2D eigenvalue weighted by molar-refractivity contribution is 7.89. The van der Waals surface area contributed by atoms with Gasteiger partial charge in [-0.25, -0.2) is 8.42 Å². The number of hydrogen-bond donors (Lipinski definition) is 0. The van der Waals surface area contributed by atoms with Gasteiger partial charge >= 0.3 is 0 Å². The minimum atomic E-state index is -3.68. The van der Waals surface area contributed by atoms with Gasteiger partial charge in [-0.2, -0.15) is 9.30 Å². The first-order chi connectivity index (χ1) is 16.2. The van der Waals surface area contributed by atoms with Crippen LogP contribution < -0.4 is 4.80 Å². The topological polar surface area (TPSA) is 90.2 Å². The van der Waals surface area contributed by atoms with Crippen LogP contribution in [0.5, 0.6) is 0 Å². The lowest BCUT2D eigenvalue weighted by molar-refractivity contribution is -0.0440. The summed E-state index contributed by atoms with van der Waals surface area (Å²) in [5, 5.41) is 0.603. The Hall–Kier alpha value is -2.08. The van der Waals surface area contributed by atoms with Crippen LogP contribution in [0.2, 0.25) is 5.02 Å². The number of amides is 1. The third kappa shape index (κ3) is 5.27. The third-order valence-corrected chi connectivity index (χ3v) is 8.61. The number of ether oxygens (including phenoxy) is 2. The molecule has 2 aromatic carbocycles. The molecule has 3 aromatic rings. The maximum absolute atomic E-state index is 13.1. The van der Waals surface area contributed by atoms with E-state index in [-0.39, 0.29) is 17.1 Å². The van der Waals surface area contributed by atoms with Crippen molar-refractivity contribution in [1.29, 1.82) is 0 Å². The highest BCUT2D eigenvalue weighted by Crippen LogP contribution is 2.23. The summed E-state index contributed by atoms with van der Waals surface area (Å²) in [4.78, 5) is 17.9. The third-order valence-electron chi connectivity index (χ3n) is 5.49. The molecule has 1 fully saturated rings. The molecule has 4 rings (SSSR count). The SMILES string of the molecule is COCCn1c(=NC(=O)c2ccc(S(=O)(=O)N3CC(C)OC(C)C3)cc2)sc2cc(Cl)ccc21. The highest BCUT2D eigenvalue weighted by atomic mass is 35.5. The predicted molar refractivity (Wildman–Crippen MR) is 132 cm³/mol. The van der Waals surface area contributed by atoms with Gasteiger partial charge in [0.2, 0.25) is 10.0 Å². The van der Waals surface area contributed by atoms with Gasteiger partial charge < -0.3 is 14.0 Å². The lowest BCUT2D eigenvalue weighted by Gasteiger charge is -2.34. The van der Waals surface area contributed by atoms with Crippen molar-refractivity contribution in [3.05, 3.63) is 57.9 Å². The average molecular weight is 524 g/mol. The van der Waals surface area contributed by atoms with Crippen LogP contribution in [0.4, 0.5) is 0 Å². The van der Waals surface area contributed by atoms with Gasteiger partial charge in [0.25, 0.3) is 5.91 Å². The minimum Gasteiger partial charge on any atom is -0.383 e. The van der Waals surface area contributed by atoms with E-state index in [0.717, 1.165) is 10.2 Å². The summed E-state index contributed by atoms with van der Waals surface area (Å²) in [5.41, 5.74) is 1.21. The summed E-state index contributed by atoms with van der Waals surface area (Å²) in [5.74, 6) is -0.457. The van der Waals surface area contributed by atoms with Crippen molar-refractivity contribution in [2.75, 3.05) is 26.8 Å². The van der Waals surface area contributed by atoms with Gasteiger partial charge in [-0.05, 0) is 56.3 Å². The van der Waals surface area contributed by atoms with Gasteiger partial charge in [0.15, 0.2) is 4.80 Å². The first-order valence-electron chi connectivity index (χ1n) is 10.8. The van der Waals surface area contributed by atoms with Crippen LogP contribution in [-0.4, -0.2) is 62.2 Å². The zero-order valence-corrected chi connectivity index (χ0v) is 21.5. The van der Waals surface area contributed by atoms with Gasteiger partial charge in [0.05, 0.1) is 33.9 Å². The monoisotopic (exact) mass is 523 g/mol. The number of thiazole rings is 1. The van der Waals surface area contributed by atoms with E-state index in [2.05, 4.69) is 4.99 Å². The second-order valence-corrected chi connectivity index (χ2v) is 11.5. The number of carbonyl (C=O) groups is 1. The molecule has 2 unspecified atom stereocenters. The molecule has 1 aliphatic heterocycles. The fourth-order valence-corrected chi connectivity index (χ4v) is 6.85. The maximum Gasteiger partial charge on any atom is 0.279 e. The molecule has 11 heteroatoms. The average Bonchev–Trinajstić information content (AvgIpc) is 3.12. The lowest BCUT2D eigenvalue weighted by Crippen LogP contribution is -2.48. The Morgan fingerprint density at radius 1 is 1.18 bits per heavy atom. The second-order valence-electron chi connectivity index (χ2n) is 8.16. The molecule has 34 heavy (non-hydrogen) atoms. The second kappa shape index (κ2) is 10.3. The van der Waals surface area contributed by atoms with Crippen LogP contribution in [0.3, 0.4) is 0 Å². The Labute approximate surface area is 207 Å². The van der Waals surface area contributed by atoms with Gasteiger partial charge in [-0.3, -0.25) is 4.79 Å². The standard InChI is InChI=1S/C23H26ClN3O5S2/c1-15-13-26(14-16(2)32-15)34(29,30)19-7-4-17(5-8-19)22(28)25-23-27(10-11-31-3)20-9-6-18(24)12-21(20)33-23/h4-9,12,15-16H,10-11,13-14H2,1-3H3. The van der Waals surface area contributed by atoms with Crippen LogP contribution >= 0.6 is 22.9 Å². The fourth-order valence-electron chi connectivity index (χ4n) is 3.93. The van der Waals surface area contributed by atoms with Crippen molar-refractivity contribution in [3.8, 4) is 0 Å². The van der Waals surface area contributed by atoms with Crippen LogP contribution in [0.1, 0.15) is 24.2 Å². The van der Waals surface area contributed by atoms with Crippen molar-refractivity contribution in [2.45, 2.75) is 37.5 Å². The molecule has 0 bridgehead atoms. The van der Waals surface area contributed by atoms with Crippen molar-refractivity contribution in [3.63, 3.8) is 0 Å². The molecular weight excluding hydrogens is 498 g/mol. The lowest BCUT2D eigenvalue weighted by atomic mass is 10.2. The molecule has 0 N–H and O–H groups in total. The number of fused-ring (bicyclic) bond motifs is 1. The van der Waals surface area contributed by atoms with Crippen molar-refractivity contribution in [1.82, 2.24) is 8.87 Å². The molecule has 8 nitrogen and oxygen atoms in total. The van der Waals surface area contributed by atoms with E-state index in [0.29, 0.717) is 41.6 Å². The summed E-state index contributed by atoms with van der Waals surface area (Å²) in [6.07, 6.45) is -0.363. The first-order valence-corrected chi connectivity index (χ1v) is 13.4. The summed E-state index contributed by atoms with van der Waals surface area (Å²) >= 11 is 7.48. The molecule has 1 amide bonds. The quantitative estimate of drug-likeness (QED) is 0.493. The molecule has 0 radical (unpaired) electrons. The molecule has 182 valence electrons. The molecular formula is C23H26ClN3O5S2. The van der Waals surface area contributed by atoms with Crippen LogP contribution in [0, 0.1) is 0 Å². The van der Waals surface area contributed by atoms with Gasteiger partial charge in [-0.1, -0.05) is 22.9 Å². The number of hydrogen-bond acceptors (Lipinski definition) is 6. The molecule has 1 saturated heterocycles. The number of morpholine rings is 1. The fraction of sp³-hybridized carbons (Fsp3) is 0.391. The molecule has 0 saturated carbocycles. The van der Waals surface area contributed by atoms with Gasteiger partial charge in [-0.15, -0.1) is 0 Å². The number of methoxy groups -OCH3 is 1. The number of rotatable bonds is 6. The Kier molecular flexibility index (Phi) is 7.56. The molecule has 2 heterocycles. The summed E-state index contributed by atoms with van der Waals surface area (Å²) in [6, 6.07) is 11.4. The zero-order chi connectivity index (χ0) is 24.5.